The lowest BCUT2D eigenvalue weighted by molar-refractivity contribution is -0.153. The van der Waals surface area contributed by atoms with Crippen molar-refractivity contribution in [3.63, 3.8) is 0 Å². The molecular formula is C19H26N2O4. The standard InChI is InChI=1S/C19H26N2O4/c1-12(17(23)21-15-9-10-15)25-16(22)11-20-18(24)13-5-7-14(8-6-13)19(2,3)4/h5-8,12,15H,9-11H2,1-4H3,(H,20,24)(H,21,23)/t12-/m0/s1. The second-order valence-corrected chi connectivity index (χ2v) is 7.42. The number of esters is 1. The lowest BCUT2D eigenvalue weighted by Crippen LogP contribution is -2.39. The van der Waals surface area contributed by atoms with Gasteiger partial charge in [0, 0.05) is 11.6 Å². The first-order chi connectivity index (χ1) is 11.7. The minimum absolute atomic E-state index is 0.00991. The molecule has 0 aromatic heterocycles. The van der Waals surface area contributed by atoms with Gasteiger partial charge in [0.2, 0.25) is 0 Å². The van der Waals surface area contributed by atoms with Gasteiger partial charge in [0.15, 0.2) is 6.10 Å². The molecule has 2 N–H and O–H groups in total. The number of carbonyl (C=O) groups excluding carboxylic acids is 3. The fraction of sp³-hybridized carbons (Fsp3) is 0.526. The van der Waals surface area contributed by atoms with Gasteiger partial charge in [-0.1, -0.05) is 32.9 Å². The molecule has 2 rings (SSSR count). The van der Waals surface area contributed by atoms with E-state index in [0.29, 0.717) is 5.56 Å². The van der Waals surface area contributed by atoms with Crippen LogP contribution in [0.2, 0.25) is 0 Å². The van der Waals surface area contributed by atoms with Crippen LogP contribution >= 0.6 is 0 Å². The number of benzene rings is 1. The van der Waals surface area contributed by atoms with Crippen LogP contribution in [0.3, 0.4) is 0 Å². The highest BCUT2D eigenvalue weighted by Gasteiger charge is 2.27. The molecule has 0 saturated heterocycles. The van der Waals surface area contributed by atoms with Crippen LogP contribution in [0.4, 0.5) is 0 Å². The van der Waals surface area contributed by atoms with Crippen molar-refractivity contribution in [3.05, 3.63) is 35.4 Å². The SMILES string of the molecule is C[C@H](OC(=O)CNC(=O)c1ccc(C(C)(C)C)cc1)C(=O)NC1CC1. The third-order valence-electron chi connectivity index (χ3n) is 4.01. The second kappa shape index (κ2) is 7.68. The Morgan fingerprint density at radius 3 is 2.28 bits per heavy atom. The molecule has 6 nitrogen and oxygen atoms in total. The molecule has 1 aromatic rings. The van der Waals surface area contributed by atoms with Crippen LogP contribution in [-0.2, 0) is 19.7 Å². The summed E-state index contributed by atoms with van der Waals surface area (Å²) in [7, 11) is 0. The van der Waals surface area contributed by atoms with E-state index in [4.69, 9.17) is 4.74 Å². The first-order valence-electron chi connectivity index (χ1n) is 8.55. The molecule has 0 aliphatic heterocycles. The van der Waals surface area contributed by atoms with Gasteiger partial charge in [-0.2, -0.15) is 0 Å². The fourth-order valence-electron chi connectivity index (χ4n) is 2.21. The second-order valence-electron chi connectivity index (χ2n) is 7.42. The van der Waals surface area contributed by atoms with Crippen molar-refractivity contribution >= 4 is 17.8 Å². The Morgan fingerprint density at radius 2 is 1.76 bits per heavy atom. The van der Waals surface area contributed by atoms with E-state index in [-0.39, 0.29) is 29.8 Å². The van der Waals surface area contributed by atoms with E-state index in [1.165, 1.54) is 6.92 Å². The Hall–Kier alpha value is -2.37. The summed E-state index contributed by atoms with van der Waals surface area (Å²) in [5.74, 6) is -1.30. The van der Waals surface area contributed by atoms with Gasteiger partial charge < -0.3 is 15.4 Å². The summed E-state index contributed by atoms with van der Waals surface area (Å²) in [6, 6.07) is 7.47. The average molecular weight is 346 g/mol. The molecule has 1 aromatic carbocycles. The molecule has 1 saturated carbocycles. The summed E-state index contributed by atoms with van der Waals surface area (Å²) in [5.41, 5.74) is 1.61. The molecule has 0 unspecified atom stereocenters. The number of nitrogens with one attached hydrogen (secondary N) is 2. The number of carbonyl (C=O) groups is 3. The minimum Gasteiger partial charge on any atom is -0.451 e. The Balaban J connectivity index is 1.78. The molecule has 0 spiro atoms. The molecule has 1 aliphatic carbocycles. The molecule has 136 valence electrons. The minimum atomic E-state index is -0.865. The van der Waals surface area contributed by atoms with Gasteiger partial charge in [-0.25, -0.2) is 0 Å². The molecular weight excluding hydrogens is 320 g/mol. The number of rotatable bonds is 6. The lowest BCUT2D eigenvalue weighted by Gasteiger charge is -2.19. The van der Waals surface area contributed by atoms with Crippen molar-refractivity contribution in [1.29, 1.82) is 0 Å². The summed E-state index contributed by atoms with van der Waals surface area (Å²) in [4.78, 5) is 35.6. The Kier molecular flexibility index (Phi) is 5.82. The monoisotopic (exact) mass is 346 g/mol. The number of hydrogen-bond acceptors (Lipinski definition) is 4. The maximum absolute atomic E-state index is 12.1. The highest BCUT2D eigenvalue weighted by atomic mass is 16.5. The van der Waals surface area contributed by atoms with Crippen LogP contribution in [0, 0.1) is 0 Å². The molecule has 0 radical (unpaired) electrons. The molecule has 25 heavy (non-hydrogen) atoms. The summed E-state index contributed by atoms with van der Waals surface area (Å²) in [6.07, 6.45) is 1.07. The molecule has 0 heterocycles. The van der Waals surface area contributed by atoms with Crippen LogP contribution in [-0.4, -0.2) is 36.5 Å². The molecule has 1 aliphatic rings. The van der Waals surface area contributed by atoms with Crippen LogP contribution < -0.4 is 10.6 Å². The summed E-state index contributed by atoms with van der Waals surface area (Å²) >= 11 is 0. The zero-order valence-corrected chi connectivity index (χ0v) is 15.2. The summed E-state index contributed by atoms with van der Waals surface area (Å²) in [5, 5.41) is 5.27. The normalized spacial score (nSPS) is 15.2. The maximum atomic E-state index is 12.1. The largest absolute Gasteiger partial charge is 0.451 e. The van der Waals surface area contributed by atoms with Crippen molar-refractivity contribution < 1.29 is 19.1 Å². The van der Waals surface area contributed by atoms with Crippen LogP contribution in [0.25, 0.3) is 0 Å². The molecule has 6 heteroatoms. The van der Waals surface area contributed by atoms with Crippen molar-refractivity contribution in [2.75, 3.05) is 6.54 Å². The van der Waals surface area contributed by atoms with E-state index < -0.39 is 12.1 Å². The highest BCUT2D eigenvalue weighted by molar-refractivity contribution is 5.96. The van der Waals surface area contributed by atoms with E-state index in [2.05, 4.69) is 31.4 Å². The molecule has 1 fully saturated rings. The Morgan fingerprint density at radius 1 is 1.16 bits per heavy atom. The first-order valence-corrected chi connectivity index (χ1v) is 8.55. The predicted octanol–water partition coefficient (Wildman–Crippen LogP) is 1.92. The Bertz CT molecular complexity index is 642. The fourth-order valence-corrected chi connectivity index (χ4v) is 2.21. The highest BCUT2D eigenvalue weighted by Crippen LogP contribution is 2.22. The van der Waals surface area contributed by atoms with Crippen LogP contribution in [0.1, 0.15) is 56.5 Å². The quantitative estimate of drug-likeness (QED) is 0.771. The third-order valence-corrected chi connectivity index (χ3v) is 4.01. The topological polar surface area (TPSA) is 84.5 Å². The van der Waals surface area contributed by atoms with E-state index in [1.54, 1.807) is 12.1 Å². The van der Waals surface area contributed by atoms with Crippen LogP contribution in [0.15, 0.2) is 24.3 Å². The van der Waals surface area contributed by atoms with Gasteiger partial charge in [-0.15, -0.1) is 0 Å². The molecule has 0 bridgehead atoms. The van der Waals surface area contributed by atoms with E-state index in [1.807, 2.05) is 12.1 Å². The van der Waals surface area contributed by atoms with Gasteiger partial charge in [0.1, 0.15) is 6.54 Å². The summed E-state index contributed by atoms with van der Waals surface area (Å²) in [6.45, 7) is 7.53. The van der Waals surface area contributed by atoms with Crippen molar-refractivity contribution in [2.45, 2.75) is 58.1 Å². The average Bonchev–Trinajstić information content (AvgIpc) is 3.35. The van der Waals surface area contributed by atoms with Gasteiger partial charge >= 0.3 is 5.97 Å². The Labute approximate surface area is 148 Å². The molecule has 1 atom stereocenters. The van der Waals surface area contributed by atoms with Gasteiger partial charge in [0.05, 0.1) is 0 Å². The van der Waals surface area contributed by atoms with Crippen molar-refractivity contribution in [2.24, 2.45) is 0 Å². The number of hydrogen-bond donors (Lipinski definition) is 2. The maximum Gasteiger partial charge on any atom is 0.326 e. The van der Waals surface area contributed by atoms with Gasteiger partial charge in [-0.3, -0.25) is 14.4 Å². The van der Waals surface area contributed by atoms with Gasteiger partial charge in [-0.05, 0) is 42.9 Å². The first kappa shape index (κ1) is 19.0. The zero-order chi connectivity index (χ0) is 18.6. The van der Waals surface area contributed by atoms with E-state index in [0.717, 1.165) is 18.4 Å². The van der Waals surface area contributed by atoms with E-state index >= 15 is 0 Å². The summed E-state index contributed by atoms with van der Waals surface area (Å²) < 4.78 is 5.03. The third kappa shape index (κ3) is 5.89. The molecule has 2 amide bonds. The number of ether oxygens (including phenoxy) is 1. The van der Waals surface area contributed by atoms with Crippen molar-refractivity contribution in [3.8, 4) is 0 Å². The smallest absolute Gasteiger partial charge is 0.326 e. The van der Waals surface area contributed by atoms with Gasteiger partial charge in [0.25, 0.3) is 11.8 Å². The van der Waals surface area contributed by atoms with Crippen LogP contribution in [0.5, 0.6) is 0 Å². The van der Waals surface area contributed by atoms with E-state index in [9.17, 15) is 14.4 Å². The number of amides is 2. The predicted molar refractivity (Wildman–Crippen MR) is 94.2 cm³/mol. The zero-order valence-electron chi connectivity index (χ0n) is 15.2. The van der Waals surface area contributed by atoms with Crippen molar-refractivity contribution in [1.82, 2.24) is 10.6 Å². The lowest BCUT2D eigenvalue weighted by atomic mass is 9.87.